The molecule has 0 saturated heterocycles. The summed E-state index contributed by atoms with van der Waals surface area (Å²) in [6.07, 6.45) is 0.941. The lowest BCUT2D eigenvalue weighted by molar-refractivity contribution is -0.143. The number of anilines is 1. The molecule has 0 aromatic heterocycles. The van der Waals surface area contributed by atoms with Gasteiger partial charge in [0.25, 0.3) is 5.91 Å². The van der Waals surface area contributed by atoms with Crippen LogP contribution in [0.3, 0.4) is 0 Å². The molecule has 2 aromatic rings. The highest BCUT2D eigenvalue weighted by Crippen LogP contribution is 2.29. The van der Waals surface area contributed by atoms with Gasteiger partial charge in [0.1, 0.15) is 11.2 Å². The zero-order chi connectivity index (χ0) is 20.3. The number of hydrogen-bond acceptors (Lipinski definition) is 3. The van der Waals surface area contributed by atoms with E-state index in [4.69, 9.17) is 0 Å². The predicted octanol–water partition coefficient (Wildman–Crippen LogP) is 2.87. The van der Waals surface area contributed by atoms with Gasteiger partial charge < -0.3 is 15.7 Å². The summed E-state index contributed by atoms with van der Waals surface area (Å²) >= 11 is 0. The fraction of sp³-hybridized carbons (Fsp3) is 0.286. The first-order chi connectivity index (χ1) is 13.4. The number of fused-ring (bicyclic) bond motifs is 1. The first kappa shape index (κ1) is 19.5. The molecule has 2 aromatic carbocycles. The largest absolute Gasteiger partial charge is 0.481 e. The fourth-order valence-corrected chi connectivity index (χ4v) is 3.44. The Morgan fingerprint density at radius 2 is 1.93 bits per heavy atom. The van der Waals surface area contributed by atoms with Gasteiger partial charge in [-0.2, -0.15) is 0 Å². The Morgan fingerprint density at radius 1 is 1.21 bits per heavy atom. The Hall–Kier alpha value is -3.22. The maximum atomic E-state index is 14.4. The van der Waals surface area contributed by atoms with Crippen molar-refractivity contribution in [2.75, 3.05) is 11.9 Å². The van der Waals surface area contributed by atoms with Gasteiger partial charge >= 0.3 is 5.97 Å². The number of carboxylic acids is 1. The molecule has 1 atom stereocenters. The van der Waals surface area contributed by atoms with Crippen LogP contribution < -0.4 is 10.6 Å². The molecule has 0 bridgehead atoms. The standard InChI is InChI=1S/C21H21FN2O4/c1-2-21(20(27)28,14-6-4-3-5-7-14)12-23-19(26)15-10-13-8-9-18(25)24-17(13)11-16(15)22/h3-7,10-11H,2,8-9,12H2,1H3,(H,23,26)(H,24,25)(H,27,28). The second-order valence-corrected chi connectivity index (χ2v) is 6.83. The molecule has 3 rings (SSSR count). The van der Waals surface area contributed by atoms with E-state index in [0.717, 1.165) is 6.07 Å². The zero-order valence-electron chi connectivity index (χ0n) is 15.4. The van der Waals surface area contributed by atoms with Crippen LogP contribution in [0.2, 0.25) is 0 Å². The van der Waals surface area contributed by atoms with Gasteiger partial charge in [0, 0.05) is 18.7 Å². The second kappa shape index (κ2) is 7.80. The average Bonchev–Trinajstić information content (AvgIpc) is 2.68. The van der Waals surface area contributed by atoms with Crippen molar-refractivity contribution < 1.29 is 23.9 Å². The topological polar surface area (TPSA) is 95.5 Å². The molecule has 2 amide bonds. The first-order valence-electron chi connectivity index (χ1n) is 9.07. The molecule has 7 heteroatoms. The highest BCUT2D eigenvalue weighted by molar-refractivity contribution is 5.98. The molecule has 1 unspecified atom stereocenters. The van der Waals surface area contributed by atoms with E-state index in [1.165, 1.54) is 6.07 Å². The van der Waals surface area contributed by atoms with Crippen LogP contribution in [-0.2, 0) is 21.4 Å². The summed E-state index contributed by atoms with van der Waals surface area (Å²) in [6.45, 7) is 1.56. The number of hydrogen-bond donors (Lipinski definition) is 3. The number of aliphatic carboxylic acids is 1. The molecule has 3 N–H and O–H groups in total. The van der Waals surface area contributed by atoms with E-state index >= 15 is 0 Å². The van der Waals surface area contributed by atoms with Crippen molar-refractivity contribution in [3.8, 4) is 0 Å². The molecule has 146 valence electrons. The van der Waals surface area contributed by atoms with Crippen LogP contribution in [0.25, 0.3) is 0 Å². The van der Waals surface area contributed by atoms with Crippen molar-refractivity contribution in [2.24, 2.45) is 0 Å². The van der Waals surface area contributed by atoms with Crippen molar-refractivity contribution in [1.82, 2.24) is 5.32 Å². The Morgan fingerprint density at radius 3 is 2.57 bits per heavy atom. The molecule has 0 aliphatic carbocycles. The lowest BCUT2D eigenvalue weighted by Crippen LogP contribution is -2.46. The SMILES string of the molecule is CCC(CNC(=O)c1cc2c(cc1F)NC(=O)CC2)(C(=O)O)c1ccccc1. The first-order valence-corrected chi connectivity index (χ1v) is 9.07. The van der Waals surface area contributed by atoms with Crippen LogP contribution >= 0.6 is 0 Å². The molecule has 1 heterocycles. The Balaban J connectivity index is 1.84. The third kappa shape index (κ3) is 3.60. The summed E-state index contributed by atoms with van der Waals surface area (Å²) in [5, 5.41) is 15.0. The summed E-state index contributed by atoms with van der Waals surface area (Å²) in [5.41, 5.74) is 0.129. The number of carbonyl (C=O) groups excluding carboxylic acids is 2. The van der Waals surface area contributed by atoms with Crippen molar-refractivity contribution in [3.63, 3.8) is 0 Å². The van der Waals surface area contributed by atoms with Crippen LogP contribution in [-0.4, -0.2) is 29.4 Å². The van der Waals surface area contributed by atoms with E-state index in [1.54, 1.807) is 37.3 Å². The van der Waals surface area contributed by atoms with E-state index in [1.807, 2.05) is 0 Å². The number of benzene rings is 2. The number of nitrogens with one attached hydrogen (secondary N) is 2. The Bertz CT molecular complexity index is 930. The number of carbonyl (C=O) groups is 3. The monoisotopic (exact) mass is 384 g/mol. The van der Waals surface area contributed by atoms with Gasteiger partial charge in [-0.05, 0) is 36.1 Å². The number of rotatable bonds is 6. The minimum absolute atomic E-state index is 0.168. The van der Waals surface area contributed by atoms with Gasteiger partial charge in [-0.3, -0.25) is 14.4 Å². The van der Waals surface area contributed by atoms with Gasteiger partial charge in [0.05, 0.1) is 5.56 Å². The maximum Gasteiger partial charge on any atom is 0.315 e. The second-order valence-electron chi connectivity index (χ2n) is 6.83. The molecule has 0 saturated carbocycles. The molecule has 0 radical (unpaired) electrons. The molecule has 1 aliphatic heterocycles. The zero-order valence-corrected chi connectivity index (χ0v) is 15.4. The van der Waals surface area contributed by atoms with E-state index in [-0.39, 0.29) is 30.9 Å². The summed E-state index contributed by atoms with van der Waals surface area (Å²) in [5.74, 6) is -2.71. The average molecular weight is 384 g/mol. The quantitative estimate of drug-likeness (QED) is 0.714. The van der Waals surface area contributed by atoms with Gasteiger partial charge in [0.15, 0.2) is 0 Å². The summed E-state index contributed by atoms with van der Waals surface area (Å²) in [7, 11) is 0. The van der Waals surface area contributed by atoms with Crippen LogP contribution in [0, 0.1) is 5.82 Å². The molecule has 28 heavy (non-hydrogen) atoms. The van der Waals surface area contributed by atoms with Gasteiger partial charge in [-0.15, -0.1) is 0 Å². The molecular formula is C21H21FN2O4. The normalized spacial score (nSPS) is 15.1. The molecule has 0 spiro atoms. The molecule has 0 fully saturated rings. The van der Waals surface area contributed by atoms with Gasteiger partial charge in [0.2, 0.25) is 5.91 Å². The predicted molar refractivity (Wildman–Crippen MR) is 102 cm³/mol. The minimum atomic E-state index is -1.31. The number of halogens is 1. The van der Waals surface area contributed by atoms with E-state index in [0.29, 0.717) is 23.2 Å². The lowest BCUT2D eigenvalue weighted by Gasteiger charge is -2.29. The van der Waals surface area contributed by atoms with Gasteiger partial charge in [-0.25, -0.2) is 4.39 Å². The van der Waals surface area contributed by atoms with Crippen molar-refractivity contribution in [3.05, 3.63) is 65.0 Å². The Kier molecular flexibility index (Phi) is 5.44. The van der Waals surface area contributed by atoms with Crippen LogP contribution in [0.1, 0.15) is 41.3 Å². The highest BCUT2D eigenvalue weighted by Gasteiger charge is 2.39. The summed E-state index contributed by atoms with van der Waals surface area (Å²) in [6, 6.07) is 11.2. The molecular weight excluding hydrogens is 363 g/mol. The summed E-state index contributed by atoms with van der Waals surface area (Å²) < 4.78 is 14.4. The third-order valence-electron chi connectivity index (χ3n) is 5.22. The van der Waals surface area contributed by atoms with Crippen molar-refractivity contribution >= 4 is 23.5 Å². The van der Waals surface area contributed by atoms with Crippen molar-refractivity contribution in [2.45, 2.75) is 31.6 Å². The lowest BCUT2D eigenvalue weighted by atomic mass is 9.78. The highest BCUT2D eigenvalue weighted by atomic mass is 19.1. The van der Waals surface area contributed by atoms with Crippen LogP contribution in [0.4, 0.5) is 10.1 Å². The van der Waals surface area contributed by atoms with E-state index in [9.17, 15) is 23.9 Å². The number of carboxylic acid groups (broad SMARTS) is 1. The maximum absolute atomic E-state index is 14.4. The van der Waals surface area contributed by atoms with E-state index < -0.39 is 23.1 Å². The number of aryl methyl sites for hydroxylation is 1. The van der Waals surface area contributed by atoms with Crippen molar-refractivity contribution in [1.29, 1.82) is 0 Å². The minimum Gasteiger partial charge on any atom is -0.481 e. The fourth-order valence-electron chi connectivity index (χ4n) is 3.44. The van der Waals surface area contributed by atoms with E-state index in [2.05, 4.69) is 10.6 Å². The van der Waals surface area contributed by atoms with Crippen LogP contribution in [0.15, 0.2) is 42.5 Å². The summed E-state index contributed by atoms with van der Waals surface area (Å²) in [4.78, 5) is 36.1. The Labute approximate surface area is 161 Å². The van der Waals surface area contributed by atoms with Gasteiger partial charge in [-0.1, -0.05) is 37.3 Å². The molecule has 1 aliphatic rings. The smallest absolute Gasteiger partial charge is 0.315 e. The van der Waals surface area contributed by atoms with Crippen LogP contribution in [0.5, 0.6) is 0 Å². The number of amides is 2. The third-order valence-corrected chi connectivity index (χ3v) is 5.22. The molecule has 6 nitrogen and oxygen atoms in total.